The van der Waals surface area contributed by atoms with Crippen molar-refractivity contribution in [2.45, 2.75) is 32.9 Å². The minimum atomic E-state index is -0.856. The summed E-state index contributed by atoms with van der Waals surface area (Å²) >= 11 is 1.08. The maximum absolute atomic E-state index is 12.5. The van der Waals surface area contributed by atoms with Gasteiger partial charge in [0.05, 0.1) is 11.1 Å². The molecule has 0 radical (unpaired) electrons. The van der Waals surface area contributed by atoms with E-state index in [0.717, 1.165) is 11.3 Å². The molecule has 0 saturated carbocycles. The fraction of sp³-hybridized carbons (Fsp3) is 0.263. The molecule has 9 heteroatoms. The second-order valence-electron chi connectivity index (χ2n) is 6.96. The number of thiophene rings is 1. The largest absolute Gasteiger partial charge is 0.444 e. The van der Waals surface area contributed by atoms with Gasteiger partial charge >= 0.3 is 12.1 Å². The number of ether oxygens (including phenoxy) is 1. The van der Waals surface area contributed by atoms with Crippen molar-refractivity contribution in [2.75, 3.05) is 0 Å². The van der Waals surface area contributed by atoms with Crippen molar-refractivity contribution in [1.82, 2.24) is 10.4 Å². The molecule has 1 N–H and O–H groups in total. The molecule has 0 atom stereocenters. The van der Waals surface area contributed by atoms with Crippen LogP contribution < -0.4 is 5.32 Å². The van der Waals surface area contributed by atoms with Gasteiger partial charge in [0.1, 0.15) is 10.5 Å². The number of hydrogen-bond donors (Lipinski definition) is 1. The average Bonchev–Trinajstić information content (AvgIpc) is 3.18. The summed E-state index contributed by atoms with van der Waals surface area (Å²) in [4.78, 5) is 54.1. The zero-order chi connectivity index (χ0) is 20.5. The Bertz CT molecular complexity index is 924. The molecule has 0 fully saturated rings. The van der Waals surface area contributed by atoms with Crippen LogP contribution in [0.15, 0.2) is 35.7 Å². The van der Waals surface area contributed by atoms with Gasteiger partial charge < -0.3 is 14.9 Å². The van der Waals surface area contributed by atoms with Crippen molar-refractivity contribution in [3.63, 3.8) is 0 Å². The lowest BCUT2D eigenvalue weighted by atomic mass is 10.1. The lowest BCUT2D eigenvalue weighted by molar-refractivity contribution is -0.0581. The highest BCUT2D eigenvalue weighted by Gasteiger charge is 2.39. The summed E-state index contributed by atoms with van der Waals surface area (Å²) in [6.07, 6.45) is -0.627. The number of carbonyl (C=O) groups is 4. The summed E-state index contributed by atoms with van der Waals surface area (Å²) < 4.78 is 5.15. The average molecular weight is 402 g/mol. The summed E-state index contributed by atoms with van der Waals surface area (Å²) in [5.41, 5.74) is 0.195. The van der Waals surface area contributed by atoms with Crippen LogP contribution in [0.25, 0.3) is 0 Å². The SMILES string of the molecule is CC(C)(C)OC(=O)NCc1ccsc1C(=O)ON1C(=O)c2ccccc2C1=O. The van der Waals surface area contributed by atoms with E-state index in [9.17, 15) is 19.2 Å². The third-order valence-corrected chi connectivity index (χ3v) is 4.62. The number of nitrogens with one attached hydrogen (secondary N) is 1. The zero-order valence-corrected chi connectivity index (χ0v) is 16.3. The van der Waals surface area contributed by atoms with Crippen molar-refractivity contribution in [3.05, 3.63) is 57.3 Å². The fourth-order valence-corrected chi connectivity index (χ4v) is 3.30. The van der Waals surface area contributed by atoms with Gasteiger partial charge in [-0.2, -0.15) is 0 Å². The summed E-state index contributed by atoms with van der Waals surface area (Å²) in [7, 11) is 0. The van der Waals surface area contributed by atoms with Crippen LogP contribution in [0.4, 0.5) is 4.79 Å². The van der Waals surface area contributed by atoms with Crippen LogP contribution >= 0.6 is 11.3 Å². The molecule has 2 aromatic rings. The van der Waals surface area contributed by atoms with Crippen LogP contribution in [0.5, 0.6) is 0 Å². The molecule has 0 spiro atoms. The van der Waals surface area contributed by atoms with Gasteiger partial charge in [-0.25, -0.2) is 9.59 Å². The molecule has 1 aliphatic heterocycles. The summed E-state index contributed by atoms with van der Waals surface area (Å²) in [5, 5.41) is 4.65. The molecule has 1 aromatic heterocycles. The number of benzene rings is 1. The summed E-state index contributed by atoms with van der Waals surface area (Å²) in [5.74, 6) is -2.25. The molecule has 1 aliphatic rings. The van der Waals surface area contributed by atoms with E-state index in [1.54, 1.807) is 44.4 Å². The Hall–Kier alpha value is -3.20. The molecule has 28 heavy (non-hydrogen) atoms. The van der Waals surface area contributed by atoms with Crippen LogP contribution in [-0.4, -0.2) is 34.5 Å². The Labute approximate surface area is 165 Å². The van der Waals surface area contributed by atoms with Crippen LogP contribution in [0.2, 0.25) is 0 Å². The topological polar surface area (TPSA) is 102 Å². The highest BCUT2D eigenvalue weighted by molar-refractivity contribution is 7.12. The van der Waals surface area contributed by atoms with Crippen molar-refractivity contribution in [3.8, 4) is 0 Å². The van der Waals surface area contributed by atoms with Gasteiger partial charge in [0.25, 0.3) is 11.8 Å². The number of rotatable bonds is 4. The van der Waals surface area contributed by atoms with Crippen LogP contribution in [0, 0.1) is 0 Å². The van der Waals surface area contributed by atoms with Gasteiger partial charge in [-0.3, -0.25) is 9.59 Å². The van der Waals surface area contributed by atoms with Gasteiger partial charge in [0.2, 0.25) is 0 Å². The van der Waals surface area contributed by atoms with Crippen molar-refractivity contribution < 1.29 is 28.8 Å². The number of amides is 3. The van der Waals surface area contributed by atoms with E-state index in [1.165, 1.54) is 12.1 Å². The van der Waals surface area contributed by atoms with Gasteiger partial charge in [-0.1, -0.05) is 17.2 Å². The van der Waals surface area contributed by atoms with Gasteiger partial charge in [-0.05, 0) is 49.9 Å². The van der Waals surface area contributed by atoms with Gasteiger partial charge in [0.15, 0.2) is 0 Å². The highest BCUT2D eigenvalue weighted by atomic mass is 32.1. The monoisotopic (exact) mass is 402 g/mol. The molecule has 0 unspecified atom stereocenters. The quantitative estimate of drug-likeness (QED) is 0.789. The van der Waals surface area contributed by atoms with E-state index < -0.39 is 29.5 Å². The Morgan fingerprint density at radius 2 is 1.68 bits per heavy atom. The van der Waals surface area contributed by atoms with Crippen molar-refractivity contribution in [2.24, 2.45) is 0 Å². The van der Waals surface area contributed by atoms with Crippen molar-refractivity contribution >= 4 is 35.2 Å². The van der Waals surface area contributed by atoms with Gasteiger partial charge in [-0.15, -0.1) is 11.3 Å². The first kappa shape index (κ1) is 19.6. The molecule has 0 bridgehead atoms. The van der Waals surface area contributed by atoms with E-state index >= 15 is 0 Å². The van der Waals surface area contributed by atoms with Crippen LogP contribution in [0.3, 0.4) is 0 Å². The van der Waals surface area contributed by atoms with Gasteiger partial charge in [0, 0.05) is 6.54 Å². The second-order valence-corrected chi connectivity index (χ2v) is 7.88. The molecule has 0 saturated heterocycles. The smallest absolute Gasteiger partial charge is 0.407 e. The van der Waals surface area contributed by atoms with E-state index in [-0.39, 0.29) is 22.5 Å². The third kappa shape index (κ3) is 4.04. The van der Waals surface area contributed by atoms with Crippen molar-refractivity contribution in [1.29, 1.82) is 0 Å². The Morgan fingerprint density at radius 1 is 1.07 bits per heavy atom. The van der Waals surface area contributed by atoms with E-state index in [1.807, 2.05) is 0 Å². The molecular formula is C19H18N2O6S. The van der Waals surface area contributed by atoms with E-state index in [4.69, 9.17) is 9.57 Å². The van der Waals surface area contributed by atoms with E-state index in [0.29, 0.717) is 10.6 Å². The molecule has 0 aliphatic carbocycles. The van der Waals surface area contributed by atoms with Crippen LogP contribution in [-0.2, 0) is 16.1 Å². The number of fused-ring (bicyclic) bond motifs is 1. The maximum atomic E-state index is 12.5. The third-order valence-electron chi connectivity index (χ3n) is 3.69. The molecule has 2 heterocycles. The Balaban J connectivity index is 1.67. The number of hydroxylamine groups is 2. The molecule has 3 amide bonds. The normalized spacial score (nSPS) is 13.3. The second kappa shape index (κ2) is 7.43. The number of imide groups is 1. The maximum Gasteiger partial charge on any atom is 0.407 e. The number of hydrogen-bond acceptors (Lipinski definition) is 7. The fourth-order valence-electron chi connectivity index (χ4n) is 2.51. The first-order valence-corrected chi connectivity index (χ1v) is 9.28. The standard InChI is InChI=1S/C19H18N2O6S/c1-19(2,3)26-18(25)20-10-11-8-9-28-14(11)17(24)27-21-15(22)12-6-4-5-7-13(12)16(21)23/h4-9H,10H2,1-3H3,(H,20,25). The highest BCUT2D eigenvalue weighted by Crippen LogP contribution is 2.25. The van der Waals surface area contributed by atoms with E-state index in [2.05, 4.69) is 5.32 Å². The lowest BCUT2D eigenvalue weighted by Gasteiger charge is -2.19. The Morgan fingerprint density at radius 3 is 2.25 bits per heavy atom. The number of alkyl carbamates (subject to hydrolysis) is 1. The minimum absolute atomic E-state index is 0.0327. The first-order chi connectivity index (χ1) is 13.2. The predicted molar refractivity (Wildman–Crippen MR) is 99.8 cm³/mol. The number of carbonyl (C=O) groups excluding carboxylic acids is 4. The minimum Gasteiger partial charge on any atom is -0.444 e. The zero-order valence-electron chi connectivity index (χ0n) is 15.5. The number of nitrogens with zero attached hydrogens (tertiary/aromatic N) is 1. The molecular weight excluding hydrogens is 384 g/mol. The molecule has 8 nitrogen and oxygen atoms in total. The summed E-state index contributed by atoms with van der Waals surface area (Å²) in [6.45, 7) is 5.25. The first-order valence-electron chi connectivity index (χ1n) is 8.40. The molecule has 1 aromatic carbocycles. The Kier molecular flexibility index (Phi) is 5.19. The molecule has 3 rings (SSSR count). The van der Waals surface area contributed by atoms with Crippen LogP contribution in [0.1, 0.15) is 56.7 Å². The predicted octanol–water partition coefficient (Wildman–Crippen LogP) is 3.14. The lowest BCUT2D eigenvalue weighted by Crippen LogP contribution is -2.33. The summed E-state index contributed by atoms with van der Waals surface area (Å²) in [6, 6.07) is 7.86. The molecule has 146 valence electrons.